The van der Waals surface area contributed by atoms with Crippen LogP contribution in [0.25, 0.3) is 0 Å². The normalized spacial score (nSPS) is 18.8. The molecule has 1 aromatic heterocycles. The fourth-order valence-corrected chi connectivity index (χ4v) is 2.66. The molecule has 19 heavy (non-hydrogen) atoms. The van der Waals surface area contributed by atoms with Crippen LogP contribution in [0.5, 0.6) is 0 Å². The molecule has 0 aliphatic heterocycles. The van der Waals surface area contributed by atoms with Crippen molar-refractivity contribution in [1.29, 1.82) is 0 Å². The Bertz CT molecular complexity index is 417. The van der Waals surface area contributed by atoms with Gasteiger partial charge in [0, 0.05) is 13.7 Å². The van der Waals surface area contributed by atoms with Crippen molar-refractivity contribution in [3.63, 3.8) is 0 Å². The molecule has 1 aromatic rings. The quantitative estimate of drug-likeness (QED) is 0.826. The van der Waals surface area contributed by atoms with Gasteiger partial charge < -0.3 is 15.4 Å². The van der Waals surface area contributed by atoms with E-state index < -0.39 is 0 Å². The molecule has 1 aliphatic rings. The summed E-state index contributed by atoms with van der Waals surface area (Å²) >= 11 is 6.25. The Morgan fingerprint density at radius 3 is 2.79 bits per heavy atom. The second-order valence-electron chi connectivity index (χ2n) is 5.47. The van der Waals surface area contributed by atoms with Crippen molar-refractivity contribution in [2.75, 3.05) is 27.7 Å². The summed E-state index contributed by atoms with van der Waals surface area (Å²) in [6, 6.07) is -0.213. The Labute approximate surface area is 119 Å². The number of nitrogens with zero attached hydrogens (tertiary/aromatic N) is 3. The van der Waals surface area contributed by atoms with Gasteiger partial charge in [-0.2, -0.15) is 5.10 Å². The minimum atomic E-state index is -0.213. The molecule has 2 N–H and O–H groups in total. The first-order valence-electron chi connectivity index (χ1n) is 6.69. The fourth-order valence-electron chi connectivity index (χ4n) is 2.39. The number of rotatable bonds is 7. The summed E-state index contributed by atoms with van der Waals surface area (Å²) in [6.45, 7) is 1.68. The summed E-state index contributed by atoms with van der Waals surface area (Å²) in [4.78, 5) is 2.11. The predicted molar refractivity (Wildman–Crippen MR) is 76.2 cm³/mol. The molecule has 6 heteroatoms. The highest BCUT2D eigenvalue weighted by atomic mass is 35.5. The maximum Gasteiger partial charge on any atom is 0.0835 e. The zero-order chi connectivity index (χ0) is 14.0. The van der Waals surface area contributed by atoms with E-state index in [1.807, 2.05) is 18.8 Å². The number of hydrogen-bond donors (Lipinski definition) is 1. The zero-order valence-corrected chi connectivity index (χ0v) is 12.6. The first-order valence-corrected chi connectivity index (χ1v) is 7.06. The van der Waals surface area contributed by atoms with Crippen molar-refractivity contribution < 1.29 is 4.74 Å². The van der Waals surface area contributed by atoms with Gasteiger partial charge in [0.1, 0.15) is 0 Å². The van der Waals surface area contributed by atoms with Crippen LogP contribution < -0.4 is 5.73 Å². The number of halogens is 1. The van der Waals surface area contributed by atoms with Gasteiger partial charge in [-0.15, -0.1) is 0 Å². The number of ether oxygens (including phenoxy) is 1. The summed E-state index contributed by atoms with van der Waals surface area (Å²) in [6.07, 6.45) is 4.09. The van der Waals surface area contributed by atoms with Crippen molar-refractivity contribution in [3.05, 3.63) is 16.9 Å². The molecule has 1 saturated carbocycles. The van der Waals surface area contributed by atoms with E-state index in [1.165, 1.54) is 12.8 Å². The summed E-state index contributed by atoms with van der Waals surface area (Å²) in [5.41, 5.74) is 7.25. The molecule has 0 bridgehead atoms. The van der Waals surface area contributed by atoms with Crippen molar-refractivity contribution >= 4 is 11.6 Å². The predicted octanol–water partition coefficient (Wildman–Crippen LogP) is 1.52. The summed E-state index contributed by atoms with van der Waals surface area (Å²) in [5, 5.41) is 4.96. The molecule has 1 heterocycles. The highest BCUT2D eigenvalue weighted by molar-refractivity contribution is 6.31. The van der Waals surface area contributed by atoms with Crippen molar-refractivity contribution in [2.45, 2.75) is 31.5 Å². The van der Waals surface area contributed by atoms with Crippen LogP contribution >= 0.6 is 11.6 Å². The van der Waals surface area contributed by atoms with Crippen molar-refractivity contribution in [1.82, 2.24) is 14.7 Å². The topological polar surface area (TPSA) is 56.3 Å². The molecule has 0 amide bonds. The number of likely N-dealkylation sites (N-methyl/N-ethyl adjacent to an activating group) is 1. The number of methoxy groups -OCH3 is 1. The van der Waals surface area contributed by atoms with E-state index in [0.29, 0.717) is 10.9 Å². The maximum absolute atomic E-state index is 6.36. The number of nitrogens with two attached hydrogens (primary N) is 1. The third-order valence-electron chi connectivity index (χ3n) is 3.62. The van der Waals surface area contributed by atoms with Gasteiger partial charge in [-0.05, 0) is 32.9 Å². The van der Waals surface area contributed by atoms with Gasteiger partial charge in [-0.25, -0.2) is 0 Å². The highest BCUT2D eigenvalue weighted by Gasteiger charge is 2.37. The van der Waals surface area contributed by atoms with Crippen LogP contribution in [0.4, 0.5) is 0 Å². The molecule has 0 radical (unpaired) electrons. The first-order chi connectivity index (χ1) is 9.04. The second-order valence-corrected chi connectivity index (χ2v) is 5.87. The van der Waals surface area contributed by atoms with Crippen LogP contribution in [0, 0.1) is 5.92 Å². The van der Waals surface area contributed by atoms with Gasteiger partial charge in [0.2, 0.25) is 0 Å². The van der Waals surface area contributed by atoms with Gasteiger partial charge in [0.25, 0.3) is 0 Å². The average molecular weight is 287 g/mol. The lowest BCUT2D eigenvalue weighted by atomic mass is 10.0. The molecular weight excluding hydrogens is 264 g/mol. The molecule has 2 unspecified atom stereocenters. The molecule has 1 fully saturated rings. The molecule has 2 atom stereocenters. The van der Waals surface area contributed by atoms with Gasteiger partial charge in [-0.3, -0.25) is 4.68 Å². The Morgan fingerprint density at radius 2 is 2.26 bits per heavy atom. The molecule has 2 rings (SSSR count). The first kappa shape index (κ1) is 14.8. The third-order valence-corrected chi connectivity index (χ3v) is 3.91. The third kappa shape index (κ3) is 3.48. The zero-order valence-electron chi connectivity index (χ0n) is 11.8. The maximum atomic E-state index is 6.36. The monoisotopic (exact) mass is 286 g/mol. The minimum Gasteiger partial charge on any atom is -0.379 e. The van der Waals surface area contributed by atoms with Crippen molar-refractivity contribution in [2.24, 2.45) is 11.7 Å². The van der Waals surface area contributed by atoms with Gasteiger partial charge in [0.05, 0.1) is 35.6 Å². The van der Waals surface area contributed by atoms with E-state index in [9.17, 15) is 0 Å². The van der Waals surface area contributed by atoms with Crippen LogP contribution in [0.2, 0.25) is 5.02 Å². The smallest absolute Gasteiger partial charge is 0.0835 e. The van der Waals surface area contributed by atoms with E-state index >= 15 is 0 Å². The number of hydrogen-bond acceptors (Lipinski definition) is 4. The van der Waals surface area contributed by atoms with Gasteiger partial charge in [0.15, 0.2) is 0 Å². The van der Waals surface area contributed by atoms with E-state index in [0.717, 1.165) is 18.8 Å². The lowest BCUT2D eigenvalue weighted by Crippen LogP contribution is -2.33. The Hall–Kier alpha value is -0.620. The molecule has 0 aromatic carbocycles. The highest BCUT2D eigenvalue weighted by Crippen LogP contribution is 2.40. The minimum absolute atomic E-state index is 0.0345. The molecular formula is C13H23ClN4O. The largest absolute Gasteiger partial charge is 0.379 e. The lowest BCUT2D eigenvalue weighted by molar-refractivity contribution is 0.0598. The van der Waals surface area contributed by atoms with Crippen LogP contribution in [-0.2, 0) is 11.3 Å². The van der Waals surface area contributed by atoms with E-state index in [4.69, 9.17) is 22.1 Å². The van der Waals surface area contributed by atoms with Crippen LogP contribution in [0.3, 0.4) is 0 Å². The SMILES string of the molecule is COC(C1CC1)C(N)c1c(Cl)cnn1CCN(C)C. The summed E-state index contributed by atoms with van der Waals surface area (Å²) < 4.78 is 7.46. The Morgan fingerprint density at radius 1 is 1.58 bits per heavy atom. The number of aromatic nitrogens is 2. The van der Waals surface area contributed by atoms with Gasteiger partial charge in [-0.1, -0.05) is 11.6 Å². The van der Waals surface area contributed by atoms with E-state index in [1.54, 1.807) is 13.3 Å². The Kier molecular flexibility index (Phi) is 4.84. The molecule has 5 nitrogen and oxygen atoms in total. The fraction of sp³-hybridized carbons (Fsp3) is 0.769. The van der Waals surface area contributed by atoms with Crippen LogP contribution in [0.1, 0.15) is 24.6 Å². The standard InChI is InChI=1S/C13H23ClN4O/c1-17(2)6-7-18-12(10(14)8-16-18)11(15)13(19-3)9-4-5-9/h8-9,11,13H,4-7,15H2,1-3H3. The molecule has 0 saturated heterocycles. The average Bonchev–Trinajstić information content (AvgIpc) is 3.11. The molecule has 108 valence electrons. The summed E-state index contributed by atoms with van der Waals surface area (Å²) in [5.74, 6) is 0.563. The second kappa shape index (κ2) is 6.22. The lowest BCUT2D eigenvalue weighted by Gasteiger charge is -2.24. The summed E-state index contributed by atoms with van der Waals surface area (Å²) in [7, 11) is 5.79. The van der Waals surface area contributed by atoms with Crippen LogP contribution in [0.15, 0.2) is 6.20 Å². The molecule has 1 aliphatic carbocycles. The molecule has 0 spiro atoms. The Balaban J connectivity index is 2.14. The van der Waals surface area contributed by atoms with Crippen molar-refractivity contribution in [3.8, 4) is 0 Å². The van der Waals surface area contributed by atoms with E-state index in [2.05, 4.69) is 10.00 Å². The van der Waals surface area contributed by atoms with E-state index in [-0.39, 0.29) is 12.1 Å². The van der Waals surface area contributed by atoms with Gasteiger partial charge >= 0.3 is 0 Å². The van der Waals surface area contributed by atoms with Crippen LogP contribution in [-0.4, -0.2) is 48.5 Å².